The van der Waals surface area contributed by atoms with Gasteiger partial charge in [-0.3, -0.25) is 0 Å². The van der Waals surface area contributed by atoms with Crippen LogP contribution in [0.15, 0.2) is 60.8 Å². The molecule has 0 atom stereocenters. The Morgan fingerprint density at radius 3 is 2.61 bits per heavy atom. The van der Waals surface area contributed by atoms with Gasteiger partial charge < -0.3 is 14.4 Å². The molecule has 0 unspecified atom stereocenters. The third-order valence-electron chi connectivity index (χ3n) is 4.33. The molecule has 3 nitrogen and oxygen atoms in total. The molecule has 1 heterocycles. The first-order chi connectivity index (χ1) is 11.2. The molecule has 0 aliphatic carbocycles. The molecule has 0 radical (unpaired) electrons. The first-order valence-corrected chi connectivity index (χ1v) is 7.56. The van der Waals surface area contributed by atoms with E-state index in [0.717, 1.165) is 38.7 Å². The second-order valence-electron chi connectivity index (χ2n) is 5.72. The fourth-order valence-corrected chi connectivity index (χ4v) is 3.19. The number of phenols is 1. The summed E-state index contributed by atoms with van der Waals surface area (Å²) in [5.41, 5.74) is 2.98. The number of nitrogens with zero attached hydrogens (tertiary/aromatic N) is 1. The summed E-state index contributed by atoms with van der Waals surface area (Å²) in [5.74, 6) is 1.07. The Kier molecular flexibility index (Phi) is 3.01. The van der Waals surface area contributed by atoms with Crippen molar-refractivity contribution in [1.29, 1.82) is 0 Å². The molecule has 0 saturated carbocycles. The number of aromatic hydroxyl groups is 1. The van der Waals surface area contributed by atoms with E-state index >= 15 is 0 Å². The molecule has 0 bridgehead atoms. The van der Waals surface area contributed by atoms with Crippen molar-refractivity contribution in [3.05, 3.63) is 66.4 Å². The van der Waals surface area contributed by atoms with Crippen molar-refractivity contribution in [2.75, 3.05) is 7.11 Å². The average molecular weight is 303 g/mol. The van der Waals surface area contributed by atoms with Gasteiger partial charge in [0, 0.05) is 23.0 Å². The predicted molar refractivity (Wildman–Crippen MR) is 93.7 cm³/mol. The Morgan fingerprint density at radius 2 is 1.78 bits per heavy atom. The van der Waals surface area contributed by atoms with Gasteiger partial charge in [0.05, 0.1) is 18.3 Å². The Bertz CT molecular complexity index is 1030. The number of fused-ring (bicyclic) bond motifs is 2. The van der Waals surface area contributed by atoms with Gasteiger partial charge >= 0.3 is 0 Å². The van der Waals surface area contributed by atoms with E-state index in [1.165, 1.54) is 0 Å². The number of rotatable bonds is 2. The molecule has 0 aliphatic heterocycles. The minimum absolute atomic E-state index is 0.267. The molecule has 1 N–H and O–H groups in total. The van der Waals surface area contributed by atoms with Crippen molar-refractivity contribution in [2.24, 2.45) is 0 Å². The number of ether oxygens (including phenoxy) is 1. The zero-order valence-electron chi connectivity index (χ0n) is 13.1. The van der Waals surface area contributed by atoms with Crippen LogP contribution in [-0.2, 0) is 0 Å². The third kappa shape index (κ3) is 2.05. The van der Waals surface area contributed by atoms with Crippen LogP contribution in [0.25, 0.3) is 27.4 Å². The molecule has 3 heteroatoms. The largest absolute Gasteiger partial charge is 0.506 e. The number of aryl methyl sites for hydroxylation is 1. The van der Waals surface area contributed by atoms with Crippen molar-refractivity contribution >= 4 is 21.7 Å². The second kappa shape index (κ2) is 5.06. The van der Waals surface area contributed by atoms with Crippen molar-refractivity contribution in [3.63, 3.8) is 0 Å². The number of aromatic nitrogens is 1. The van der Waals surface area contributed by atoms with Crippen molar-refractivity contribution in [1.82, 2.24) is 4.57 Å². The molecule has 3 aromatic carbocycles. The van der Waals surface area contributed by atoms with Gasteiger partial charge in [-0.25, -0.2) is 0 Å². The second-order valence-corrected chi connectivity index (χ2v) is 5.72. The minimum atomic E-state index is 0.267. The normalized spacial score (nSPS) is 11.2. The zero-order chi connectivity index (χ0) is 16.0. The van der Waals surface area contributed by atoms with Crippen LogP contribution in [0.2, 0.25) is 0 Å². The van der Waals surface area contributed by atoms with Crippen molar-refractivity contribution in [2.45, 2.75) is 6.92 Å². The quantitative estimate of drug-likeness (QED) is 0.577. The summed E-state index contributed by atoms with van der Waals surface area (Å²) >= 11 is 0. The fourth-order valence-electron chi connectivity index (χ4n) is 3.19. The van der Waals surface area contributed by atoms with Gasteiger partial charge in [0.15, 0.2) is 0 Å². The van der Waals surface area contributed by atoms with E-state index in [1.54, 1.807) is 13.2 Å². The number of methoxy groups -OCH3 is 1. The zero-order valence-corrected chi connectivity index (χ0v) is 13.1. The molecule has 1 aromatic heterocycles. The van der Waals surface area contributed by atoms with E-state index in [4.69, 9.17) is 4.74 Å². The smallest absolute Gasteiger partial charge is 0.140 e. The van der Waals surface area contributed by atoms with E-state index in [9.17, 15) is 5.11 Å². The lowest BCUT2D eigenvalue weighted by Crippen LogP contribution is -1.95. The summed E-state index contributed by atoms with van der Waals surface area (Å²) in [6.07, 6.45) is 2.06. The predicted octanol–water partition coefficient (Wildman–Crippen LogP) is 4.81. The van der Waals surface area contributed by atoms with Crippen LogP contribution in [0.3, 0.4) is 0 Å². The molecule has 4 rings (SSSR count). The highest BCUT2D eigenvalue weighted by Gasteiger charge is 2.14. The average Bonchev–Trinajstić information content (AvgIpc) is 2.90. The van der Waals surface area contributed by atoms with E-state index in [-0.39, 0.29) is 5.75 Å². The number of hydrogen-bond donors (Lipinski definition) is 1. The summed E-state index contributed by atoms with van der Waals surface area (Å²) in [7, 11) is 1.66. The number of benzene rings is 3. The first kappa shape index (κ1) is 13.7. The molecular weight excluding hydrogens is 286 g/mol. The van der Waals surface area contributed by atoms with E-state index in [1.807, 2.05) is 41.0 Å². The molecule has 23 heavy (non-hydrogen) atoms. The summed E-state index contributed by atoms with van der Waals surface area (Å²) in [6, 6.07) is 17.8. The minimum Gasteiger partial charge on any atom is -0.506 e. The molecule has 0 spiro atoms. The van der Waals surface area contributed by atoms with Gasteiger partial charge in [-0.15, -0.1) is 0 Å². The van der Waals surface area contributed by atoms with E-state index in [0.29, 0.717) is 0 Å². The molecule has 0 amide bonds. The van der Waals surface area contributed by atoms with E-state index < -0.39 is 0 Å². The maximum atomic E-state index is 10.5. The van der Waals surface area contributed by atoms with Gasteiger partial charge in [-0.1, -0.05) is 30.3 Å². The number of phenolic OH excluding ortho intramolecular Hbond substituents is 1. The lowest BCUT2D eigenvalue weighted by atomic mass is 10.1. The summed E-state index contributed by atoms with van der Waals surface area (Å²) in [5, 5.41) is 13.8. The highest BCUT2D eigenvalue weighted by Crippen LogP contribution is 2.35. The molecule has 114 valence electrons. The van der Waals surface area contributed by atoms with Crippen molar-refractivity contribution in [3.8, 4) is 17.2 Å². The molecule has 0 fully saturated rings. The molecular formula is C20H17NO2. The van der Waals surface area contributed by atoms with Crippen LogP contribution < -0.4 is 4.74 Å². The molecule has 0 aliphatic rings. The highest BCUT2D eigenvalue weighted by molar-refractivity contribution is 5.96. The van der Waals surface area contributed by atoms with Crippen LogP contribution >= 0.6 is 0 Å². The van der Waals surface area contributed by atoms with Crippen molar-refractivity contribution < 1.29 is 9.84 Å². The van der Waals surface area contributed by atoms with Crippen LogP contribution in [-0.4, -0.2) is 16.8 Å². The molecule has 0 saturated heterocycles. The van der Waals surface area contributed by atoms with Crippen LogP contribution in [0.1, 0.15) is 5.56 Å². The Labute approximate surface area is 134 Å². The lowest BCUT2D eigenvalue weighted by molar-refractivity contribution is 0.415. The van der Waals surface area contributed by atoms with Gasteiger partial charge in [-0.05, 0) is 36.1 Å². The van der Waals surface area contributed by atoms with Crippen LogP contribution in [0, 0.1) is 6.92 Å². The Morgan fingerprint density at radius 1 is 0.957 bits per heavy atom. The maximum Gasteiger partial charge on any atom is 0.140 e. The maximum absolute atomic E-state index is 10.5. The lowest BCUT2D eigenvalue weighted by Gasteiger charge is -2.12. The summed E-state index contributed by atoms with van der Waals surface area (Å²) in [4.78, 5) is 0. The standard InChI is InChI=1S/C20H17NO2/c1-13-12-21(18-11-15(23-2)8-9-16(13)18)20-17-6-4-3-5-14(17)7-10-19(20)22/h3-12,22H,1-2H3. The van der Waals surface area contributed by atoms with Gasteiger partial charge in [0.1, 0.15) is 11.5 Å². The van der Waals surface area contributed by atoms with Crippen LogP contribution in [0.5, 0.6) is 11.5 Å². The first-order valence-electron chi connectivity index (χ1n) is 7.56. The fraction of sp³-hybridized carbons (Fsp3) is 0.100. The highest BCUT2D eigenvalue weighted by atomic mass is 16.5. The summed E-state index contributed by atoms with van der Waals surface area (Å²) < 4.78 is 7.41. The van der Waals surface area contributed by atoms with Gasteiger partial charge in [0.2, 0.25) is 0 Å². The van der Waals surface area contributed by atoms with Gasteiger partial charge in [0.25, 0.3) is 0 Å². The topological polar surface area (TPSA) is 34.4 Å². The SMILES string of the molecule is COc1ccc2c(C)cn(-c3c(O)ccc4ccccc34)c2c1. The Hall–Kier alpha value is -2.94. The number of hydrogen-bond acceptors (Lipinski definition) is 2. The summed E-state index contributed by atoms with van der Waals surface area (Å²) in [6.45, 7) is 2.08. The molecule has 4 aromatic rings. The van der Waals surface area contributed by atoms with E-state index in [2.05, 4.69) is 25.3 Å². The van der Waals surface area contributed by atoms with Gasteiger partial charge in [-0.2, -0.15) is 0 Å². The third-order valence-corrected chi connectivity index (χ3v) is 4.33. The monoisotopic (exact) mass is 303 g/mol. The Balaban J connectivity index is 2.12. The van der Waals surface area contributed by atoms with Crippen LogP contribution in [0.4, 0.5) is 0 Å².